The van der Waals surface area contributed by atoms with Crippen LogP contribution in [0.1, 0.15) is 25.8 Å². The standard InChI is InChI=1S/C22H19N3O3S/c26-21(19-13-24-20(29-19)10-14-6-2-1-3-7-14)25-18(22(27)28)11-15-12-23-17-9-5-4-8-16(15)17/h1-9,12-13,18,23H,10-11H2,(H,25,26)(H,27,28). The number of H-pyrrole nitrogens is 1. The summed E-state index contributed by atoms with van der Waals surface area (Å²) in [6, 6.07) is 16.5. The minimum atomic E-state index is -1.07. The number of fused-ring (bicyclic) bond motifs is 1. The summed E-state index contributed by atoms with van der Waals surface area (Å²) in [6.07, 6.45) is 4.12. The first-order valence-electron chi connectivity index (χ1n) is 9.17. The van der Waals surface area contributed by atoms with Crippen LogP contribution in [0.15, 0.2) is 67.0 Å². The third-order valence-corrected chi connectivity index (χ3v) is 5.67. The largest absolute Gasteiger partial charge is 0.480 e. The van der Waals surface area contributed by atoms with Crippen molar-refractivity contribution in [2.75, 3.05) is 0 Å². The highest BCUT2D eigenvalue weighted by atomic mass is 32.1. The second-order valence-electron chi connectivity index (χ2n) is 6.71. The maximum Gasteiger partial charge on any atom is 0.326 e. The first-order chi connectivity index (χ1) is 14.1. The maximum absolute atomic E-state index is 12.6. The van der Waals surface area contributed by atoms with Crippen molar-refractivity contribution in [3.8, 4) is 0 Å². The molecule has 2 aromatic carbocycles. The summed E-state index contributed by atoms with van der Waals surface area (Å²) in [4.78, 5) is 32.2. The Morgan fingerprint density at radius 2 is 1.86 bits per heavy atom. The first-order valence-corrected chi connectivity index (χ1v) is 9.99. The molecule has 1 unspecified atom stereocenters. The molecule has 146 valence electrons. The van der Waals surface area contributed by atoms with E-state index in [-0.39, 0.29) is 6.42 Å². The van der Waals surface area contributed by atoms with Crippen LogP contribution in [0.4, 0.5) is 0 Å². The number of hydrogen-bond acceptors (Lipinski definition) is 4. The second-order valence-corrected chi connectivity index (χ2v) is 7.82. The molecule has 1 amide bonds. The van der Waals surface area contributed by atoms with Crippen LogP contribution in [0.5, 0.6) is 0 Å². The van der Waals surface area contributed by atoms with Crippen molar-refractivity contribution in [1.29, 1.82) is 0 Å². The van der Waals surface area contributed by atoms with Gasteiger partial charge in [-0.15, -0.1) is 11.3 Å². The van der Waals surface area contributed by atoms with Crippen LogP contribution < -0.4 is 5.32 Å². The zero-order chi connectivity index (χ0) is 20.2. The number of nitrogens with one attached hydrogen (secondary N) is 2. The third kappa shape index (κ3) is 4.35. The van der Waals surface area contributed by atoms with Crippen molar-refractivity contribution < 1.29 is 14.7 Å². The molecule has 0 fully saturated rings. The molecule has 0 radical (unpaired) electrons. The van der Waals surface area contributed by atoms with Crippen LogP contribution in [-0.2, 0) is 17.6 Å². The van der Waals surface area contributed by atoms with Gasteiger partial charge < -0.3 is 15.4 Å². The molecule has 2 aromatic heterocycles. The average Bonchev–Trinajstić information content (AvgIpc) is 3.35. The van der Waals surface area contributed by atoms with E-state index in [4.69, 9.17) is 0 Å². The number of aromatic nitrogens is 2. The molecule has 0 aliphatic carbocycles. The number of aliphatic carboxylic acids is 1. The SMILES string of the molecule is O=C(NC(Cc1c[nH]c2ccccc12)C(=O)O)c1cnc(Cc2ccccc2)s1. The van der Waals surface area contributed by atoms with Gasteiger partial charge in [0.15, 0.2) is 0 Å². The summed E-state index contributed by atoms with van der Waals surface area (Å²) in [5.41, 5.74) is 2.89. The Balaban J connectivity index is 1.46. The fourth-order valence-corrected chi connectivity index (χ4v) is 4.07. The summed E-state index contributed by atoms with van der Waals surface area (Å²) in [7, 11) is 0. The van der Waals surface area contributed by atoms with Crippen LogP contribution in [0, 0.1) is 0 Å². The fourth-order valence-electron chi connectivity index (χ4n) is 3.22. The molecule has 1 atom stereocenters. The lowest BCUT2D eigenvalue weighted by Crippen LogP contribution is -2.42. The van der Waals surface area contributed by atoms with Gasteiger partial charge in [-0.05, 0) is 17.2 Å². The number of amides is 1. The van der Waals surface area contributed by atoms with E-state index in [1.165, 1.54) is 17.5 Å². The van der Waals surface area contributed by atoms with Crippen molar-refractivity contribution in [1.82, 2.24) is 15.3 Å². The molecule has 0 aliphatic rings. The van der Waals surface area contributed by atoms with E-state index in [2.05, 4.69) is 15.3 Å². The predicted molar refractivity (Wildman–Crippen MR) is 112 cm³/mol. The molecule has 4 rings (SSSR count). The average molecular weight is 405 g/mol. The monoisotopic (exact) mass is 405 g/mol. The van der Waals surface area contributed by atoms with Crippen LogP contribution >= 0.6 is 11.3 Å². The molecule has 7 heteroatoms. The van der Waals surface area contributed by atoms with Crippen molar-refractivity contribution in [2.24, 2.45) is 0 Å². The Kier molecular flexibility index (Phi) is 5.39. The normalized spacial score (nSPS) is 12.0. The second kappa shape index (κ2) is 8.28. The molecule has 6 nitrogen and oxygen atoms in total. The van der Waals surface area contributed by atoms with E-state index < -0.39 is 17.9 Å². The molecule has 0 aliphatic heterocycles. The highest BCUT2D eigenvalue weighted by Gasteiger charge is 2.23. The number of carboxylic acids is 1. The van der Waals surface area contributed by atoms with E-state index in [0.29, 0.717) is 11.3 Å². The smallest absolute Gasteiger partial charge is 0.326 e. The molecule has 0 bridgehead atoms. The Hall–Kier alpha value is -3.45. The lowest BCUT2D eigenvalue weighted by atomic mass is 10.0. The summed E-state index contributed by atoms with van der Waals surface area (Å²) < 4.78 is 0. The lowest BCUT2D eigenvalue weighted by molar-refractivity contribution is -0.139. The highest BCUT2D eigenvalue weighted by Crippen LogP contribution is 2.20. The summed E-state index contributed by atoms with van der Waals surface area (Å²) in [5.74, 6) is -1.49. The number of para-hydroxylation sites is 1. The molecule has 4 aromatic rings. The quantitative estimate of drug-likeness (QED) is 0.437. The van der Waals surface area contributed by atoms with Crippen molar-refractivity contribution in [2.45, 2.75) is 18.9 Å². The lowest BCUT2D eigenvalue weighted by Gasteiger charge is -2.13. The van der Waals surface area contributed by atoms with Gasteiger partial charge in [0.1, 0.15) is 10.9 Å². The minimum absolute atomic E-state index is 0.195. The van der Waals surface area contributed by atoms with E-state index >= 15 is 0 Å². The minimum Gasteiger partial charge on any atom is -0.480 e. The van der Waals surface area contributed by atoms with Crippen LogP contribution in [0.2, 0.25) is 0 Å². The molecule has 2 heterocycles. The summed E-state index contributed by atoms with van der Waals surface area (Å²) in [5, 5.41) is 14.0. The number of carbonyl (C=O) groups is 2. The van der Waals surface area contributed by atoms with Gasteiger partial charge in [-0.3, -0.25) is 4.79 Å². The Morgan fingerprint density at radius 3 is 2.66 bits per heavy atom. The molecule has 3 N–H and O–H groups in total. The van der Waals surface area contributed by atoms with Crippen molar-refractivity contribution >= 4 is 34.1 Å². The molecule has 29 heavy (non-hydrogen) atoms. The summed E-state index contributed by atoms with van der Waals surface area (Å²) >= 11 is 1.28. The van der Waals surface area contributed by atoms with Gasteiger partial charge in [-0.2, -0.15) is 0 Å². The van der Waals surface area contributed by atoms with E-state index in [1.54, 1.807) is 6.20 Å². The molecule has 0 spiro atoms. The van der Waals surface area contributed by atoms with Crippen LogP contribution in [0.25, 0.3) is 10.9 Å². The van der Waals surface area contributed by atoms with E-state index in [1.807, 2.05) is 54.6 Å². The van der Waals surface area contributed by atoms with Crippen LogP contribution in [0.3, 0.4) is 0 Å². The Morgan fingerprint density at radius 1 is 1.10 bits per heavy atom. The van der Waals surface area contributed by atoms with Crippen LogP contribution in [-0.4, -0.2) is 33.0 Å². The maximum atomic E-state index is 12.6. The van der Waals surface area contributed by atoms with Gasteiger partial charge in [-0.1, -0.05) is 48.5 Å². The third-order valence-electron chi connectivity index (χ3n) is 4.68. The van der Waals surface area contributed by atoms with Gasteiger partial charge in [0.05, 0.1) is 11.2 Å². The molecule has 0 saturated carbocycles. The molecular weight excluding hydrogens is 386 g/mol. The molecular formula is C22H19N3O3S. The first kappa shape index (κ1) is 18.9. The zero-order valence-corrected chi connectivity index (χ0v) is 16.3. The number of carbonyl (C=O) groups excluding carboxylic acids is 1. The van der Waals surface area contributed by atoms with Gasteiger partial charge in [-0.25, -0.2) is 9.78 Å². The van der Waals surface area contributed by atoms with Gasteiger partial charge in [0.2, 0.25) is 0 Å². The summed E-state index contributed by atoms with van der Waals surface area (Å²) in [6.45, 7) is 0. The number of carboxylic acid groups (broad SMARTS) is 1. The van der Waals surface area contributed by atoms with Gasteiger partial charge >= 0.3 is 5.97 Å². The molecule has 0 saturated heterocycles. The van der Waals surface area contributed by atoms with Crippen molar-refractivity contribution in [3.05, 3.63) is 88.0 Å². The number of hydrogen-bond donors (Lipinski definition) is 3. The highest BCUT2D eigenvalue weighted by molar-refractivity contribution is 7.13. The number of nitrogens with zero attached hydrogens (tertiary/aromatic N) is 1. The number of benzene rings is 2. The number of thiazole rings is 1. The fraction of sp³-hybridized carbons (Fsp3) is 0.136. The topological polar surface area (TPSA) is 95.1 Å². The van der Waals surface area contributed by atoms with Crippen molar-refractivity contribution in [3.63, 3.8) is 0 Å². The number of rotatable bonds is 7. The number of aromatic amines is 1. The Labute approximate surface area is 171 Å². The van der Waals surface area contributed by atoms with Gasteiger partial charge in [0, 0.05) is 29.9 Å². The predicted octanol–water partition coefficient (Wildman–Crippen LogP) is 3.64. The van der Waals surface area contributed by atoms with Gasteiger partial charge in [0.25, 0.3) is 5.91 Å². The zero-order valence-electron chi connectivity index (χ0n) is 15.5. The van der Waals surface area contributed by atoms with E-state index in [9.17, 15) is 14.7 Å². The van der Waals surface area contributed by atoms with E-state index in [0.717, 1.165) is 27.0 Å². The Bertz CT molecular complexity index is 1150.